The Bertz CT molecular complexity index is 1470. The molecule has 3 aromatic carbocycles. The van der Waals surface area contributed by atoms with Gasteiger partial charge < -0.3 is 24.6 Å². The van der Waals surface area contributed by atoms with Gasteiger partial charge in [0.25, 0.3) is 0 Å². The summed E-state index contributed by atoms with van der Waals surface area (Å²) in [5, 5.41) is 2.82. The van der Waals surface area contributed by atoms with Crippen molar-refractivity contribution in [2.45, 2.75) is 11.3 Å². The molecule has 2 amide bonds. The Balaban J connectivity index is 1.18. The van der Waals surface area contributed by atoms with Crippen molar-refractivity contribution in [3.63, 3.8) is 0 Å². The van der Waals surface area contributed by atoms with Gasteiger partial charge >= 0.3 is 0 Å². The summed E-state index contributed by atoms with van der Waals surface area (Å²) in [6, 6.07) is 21.0. The van der Waals surface area contributed by atoms with Crippen LogP contribution in [0.25, 0.3) is 0 Å². The Hall–Kier alpha value is -4.09. The minimum atomic E-state index is -3.69. The molecule has 0 saturated carbocycles. The normalized spacial score (nSPS) is 18.1. The van der Waals surface area contributed by atoms with Crippen molar-refractivity contribution in [1.82, 2.24) is 4.31 Å². The molecule has 1 N–H and O–H groups in total. The van der Waals surface area contributed by atoms with Gasteiger partial charge in [0.1, 0.15) is 11.5 Å². The van der Waals surface area contributed by atoms with Gasteiger partial charge in [0.05, 0.1) is 30.7 Å². The summed E-state index contributed by atoms with van der Waals surface area (Å²) >= 11 is 0. The van der Waals surface area contributed by atoms with Gasteiger partial charge in [-0.2, -0.15) is 4.31 Å². The Kier molecular flexibility index (Phi) is 7.95. The van der Waals surface area contributed by atoms with E-state index in [2.05, 4.69) is 10.2 Å². The number of sulfonamides is 1. The van der Waals surface area contributed by atoms with E-state index in [1.165, 1.54) is 16.4 Å². The fraction of sp³-hybridized carbons (Fsp3) is 0.310. The number of carbonyl (C=O) groups excluding carboxylic acids is 2. The van der Waals surface area contributed by atoms with Crippen molar-refractivity contribution in [1.29, 1.82) is 0 Å². The zero-order valence-corrected chi connectivity index (χ0v) is 23.3. The average molecular weight is 565 g/mol. The summed E-state index contributed by atoms with van der Waals surface area (Å²) in [4.78, 5) is 29.4. The standard InChI is InChI=1S/C29H32N4O6S/c1-38-24-11-9-23(10-12-24)33-20-21(19-28(33)34)29(35)30-22-7-13-25(14-8-22)40(36,37)32-17-15-31(16-18-32)26-5-3-4-6-27(26)39-2/h3-14,21H,15-20H2,1-2H3,(H,30,35). The average Bonchev–Trinajstić information content (AvgIpc) is 3.39. The van der Waals surface area contributed by atoms with Crippen LogP contribution in [0.4, 0.5) is 17.1 Å². The first kappa shape index (κ1) is 27.5. The van der Waals surface area contributed by atoms with Crippen molar-refractivity contribution in [2.24, 2.45) is 5.92 Å². The van der Waals surface area contributed by atoms with Gasteiger partial charge in [-0.1, -0.05) is 12.1 Å². The number of carbonyl (C=O) groups is 2. The van der Waals surface area contributed by atoms with E-state index in [1.54, 1.807) is 55.5 Å². The van der Waals surface area contributed by atoms with E-state index in [9.17, 15) is 18.0 Å². The quantitative estimate of drug-likeness (QED) is 0.448. The number of benzene rings is 3. The molecule has 1 atom stereocenters. The Morgan fingerprint density at radius 3 is 2.20 bits per heavy atom. The van der Waals surface area contributed by atoms with Crippen molar-refractivity contribution >= 4 is 38.9 Å². The van der Waals surface area contributed by atoms with Gasteiger partial charge in [0.2, 0.25) is 21.8 Å². The smallest absolute Gasteiger partial charge is 0.243 e. The van der Waals surface area contributed by atoms with Gasteiger partial charge in [-0.3, -0.25) is 9.59 Å². The second-order valence-corrected chi connectivity index (χ2v) is 11.6. The molecule has 210 valence electrons. The number of piperazine rings is 1. The monoisotopic (exact) mass is 564 g/mol. The van der Waals surface area contributed by atoms with Crippen molar-refractivity contribution in [3.8, 4) is 11.5 Å². The first-order chi connectivity index (χ1) is 19.3. The fourth-order valence-corrected chi connectivity index (χ4v) is 6.48. The lowest BCUT2D eigenvalue weighted by molar-refractivity contribution is -0.122. The predicted octanol–water partition coefficient (Wildman–Crippen LogP) is 3.21. The van der Waals surface area contributed by atoms with E-state index in [1.807, 2.05) is 24.3 Å². The summed E-state index contributed by atoms with van der Waals surface area (Å²) < 4.78 is 38.7. The molecule has 0 aromatic heterocycles. The molecule has 2 aliphatic heterocycles. The third-order valence-corrected chi connectivity index (χ3v) is 9.22. The van der Waals surface area contributed by atoms with Crippen LogP contribution < -0.4 is 24.6 Å². The highest BCUT2D eigenvalue weighted by Crippen LogP contribution is 2.30. The summed E-state index contributed by atoms with van der Waals surface area (Å²) in [7, 11) is -0.498. The van der Waals surface area contributed by atoms with Crippen molar-refractivity contribution in [2.75, 3.05) is 62.1 Å². The number of para-hydroxylation sites is 2. The largest absolute Gasteiger partial charge is 0.497 e. The molecule has 11 heteroatoms. The molecule has 2 aliphatic rings. The zero-order valence-electron chi connectivity index (χ0n) is 22.4. The molecule has 10 nitrogen and oxygen atoms in total. The number of amides is 2. The minimum Gasteiger partial charge on any atom is -0.497 e. The van der Waals surface area contributed by atoms with Gasteiger partial charge in [-0.15, -0.1) is 0 Å². The van der Waals surface area contributed by atoms with Gasteiger partial charge in [0.15, 0.2) is 0 Å². The molecular weight excluding hydrogens is 532 g/mol. The molecule has 5 rings (SSSR count). The number of rotatable bonds is 8. The molecule has 3 aromatic rings. The number of nitrogens with zero attached hydrogens (tertiary/aromatic N) is 3. The van der Waals surface area contributed by atoms with E-state index >= 15 is 0 Å². The van der Waals surface area contributed by atoms with Crippen LogP contribution in [0.5, 0.6) is 11.5 Å². The maximum Gasteiger partial charge on any atom is 0.243 e. The highest BCUT2D eigenvalue weighted by Gasteiger charge is 2.35. The third kappa shape index (κ3) is 5.61. The Labute approximate surface area is 234 Å². The molecule has 2 fully saturated rings. The van der Waals surface area contributed by atoms with Crippen molar-refractivity contribution in [3.05, 3.63) is 72.8 Å². The zero-order chi connectivity index (χ0) is 28.3. The van der Waals surface area contributed by atoms with Crippen LogP contribution in [0.1, 0.15) is 6.42 Å². The van der Waals surface area contributed by atoms with E-state index in [0.717, 1.165) is 11.4 Å². The summed E-state index contributed by atoms with van der Waals surface area (Å²) in [6.07, 6.45) is 0.102. The van der Waals surface area contributed by atoms with E-state index < -0.39 is 15.9 Å². The number of hydrogen-bond donors (Lipinski definition) is 1. The second kappa shape index (κ2) is 11.6. The molecule has 0 spiro atoms. The molecule has 0 bridgehead atoms. The maximum absolute atomic E-state index is 13.3. The maximum atomic E-state index is 13.3. The van der Waals surface area contributed by atoms with Crippen LogP contribution in [0, 0.1) is 5.92 Å². The summed E-state index contributed by atoms with van der Waals surface area (Å²) in [5.41, 5.74) is 2.12. The van der Waals surface area contributed by atoms with E-state index in [-0.39, 0.29) is 29.7 Å². The molecule has 1 unspecified atom stereocenters. The number of anilines is 3. The minimum absolute atomic E-state index is 0.102. The van der Waals surface area contributed by atoms with Gasteiger partial charge in [-0.25, -0.2) is 8.42 Å². The Morgan fingerprint density at radius 1 is 0.875 bits per heavy atom. The van der Waals surface area contributed by atoms with Gasteiger partial charge in [-0.05, 0) is 60.7 Å². The first-order valence-electron chi connectivity index (χ1n) is 13.0. The molecular formula is C29H32N4O6S. The van der Waals surface area contributed by atoms with E-state index in [0.29, 0.717) is 43.3 Å². The highest BCUT2D eigenvalue weighted by atomic mass is 32.2. The Morgan fingerprint density at radius 2 is 1.55 bits per heavy atom. The van der Waals surface area contributed by atoms with Gasteiger partial charge in [0, 0.05) is 50.5 Å². The lowest BCUT2D eigenvalue weighted by Crippen LogP contribution is -2.48. The van der Waals surface area contributed by atoms with Crippen LogP contribution in [0.2, 0.25) is 0 Å². The fourth-order valence-electron chi connectivity index (χ4n) is 5.06. The van der Waals surface area contributed by atoms with Crippen LogP contribution in [-0.4, -0.2) is 71.5 Å². The van der Waals surface area contributed by atoms with Crippen LogP contribution >= 0.6 is 0 Å². The molecule has 0 aliphatic carbocycles. The summed E-state index contributed by atoms with van der Waals surface area (Å²) in [6.45, 7) is 2.05. The van der Waals surface area contributed by atoms with E-state index in [4.69, 9.17) is 9.47 Å². The highest BCUT2D eigenvalue weighted by molar-refractivity contribution is 7.89. The van der Waals surface area contributed by atoms with Crippen LogP contribution in [0.3, 0.4) is 0 Å². The topological polar surface area (TPSA) is 108 Å². The number of ether oxygens (including phenoxy) is 2. The number of hydrogen-bond acceptors (Lipinski definition) is 7. The molecule has 40 heavy (non-hydrogen) atoms. The van der Waals surface area contributed by atoms with Crippen LogP contribution in [-0.2, 0) is 19.6 Å². The second-order valence-electron chi connectivity index (χ2n) is 9.68. The summed E-state index contributed by atoms with van der Waals surface area (Å²) in [5.74, 6) is 0.514. The molecule has 2 heterocycles. The molecule has 2 saturated heterocycles. The number of nitrogens with one attached hydrogen (secondary N) is 1. The number of methoxy groups -OCH3 is 2. The lowest BCUT2D eigenvalue weighted by atomic mass is 10.1. The SMILES string of the molecule is COc1ccc(N2CC(C(=O)Nc3ccc(S(=O)(=O)N4CCN(c5ccccc5OC)CC4)cc3)CC2=O)cc1. The van der Waals surface area contributed by atoms with Crippen molar-refractivity contribution < 1.29 is 27.5 Å². The first-order valence-corrected chi connectivity index (χ1v) is 14.5. The molecule has 0 radical (unpaired) electrons. The predicted molar refractivity (Wildman–Crippen MR) is 152 cm³/mol. The third-order valence-electron chi connectivity index (χ3n) is 7.30. The van der Waals surface area contributed by atoms with Crippen LogP contribution in [0.15, 0.2) is 77.7 Å². The lowest BCUT2D eigenvalue weighted by Gasteiger charge is -2.35.